The van der Waals surface area contributed by atoms with Crippen LogP contribution in [0.25, 0.3) is 0 Å². The van der Waals surface area contributed by atoms with Crippen LogP contribution in [0.4, 0.5) is 0 Å². The SMILES string of the molecule is Cl.NC[C@H]1O[C@H](O[C@H]2[C@H](O)[C@@H](OCc3ccccc3)[C@H](N)C[C@@H]2N)[C@H](N)[C@@H](OCc2ccccc2)[C@@H]1O. The number of halogens is 1. The number of rotatable bonds is 9. The molecule has 1 aliphatic heterocycles. The van der Waals surface area contributed by atoms with Crippen molar-refractivity contribution in [2.75, 3.05) is 6.54 Å². The van der Waals surface area contributed by atoms with Gasteiger partial charge in [-0.1, -0.05) is 60.7 Å². The molecule has 0 spiro atoms. The van der Waals surface area contributed by atoms with Crippen molar-refractivity contribution in [3.8, 4) is 0 Å². The Balaban J connectivity index is 0.00000380. The third-order valence-electron chi connectivity index (χ3n) is 6.88. The fraction of sp³-hybridized carbons (Fsp3) is 0.538. The molecule has 2 aromatic carbocycles. The molecule has 1 saturated heterocycles. The van der Waals surface area contributed by atoms with Crippen molar-refractivity contribution in [3.05, 3.63) is 71.8 Å². The zero-order chi connectivity index (χ0) is 25.7. The predicted molar refractivity (Wildman–Crippen MR) is 140 cm³/mol. The van der Waals surface area contributed by atoms with Gasteiger partial charge in [0.1, 0.15) is 36.6 Å². The Labute approximate surface area is 223 Å². The van der Waals surface area contributed by atoms with E-state index in [1.54, 1.807) is 0 Å². The molecular formula is C26H39ClN4O6. The first-order valence-corrected chi connectivity index (χ1v) is 12.3. The number of hydrogen-bond donors (Lipinski definition) is 6. The maximum Gasteiger partial charge on any atom is 0.176 e. The Morgan fingerprint density at radius 3 is 1.81 bits per heavy atom. The lowest BCUT2D eigenvalue weighted by molar-refractivity contribution is -0.295. The summed E-state index contributed by atoms with van der Waals surface area (Å²) in [6.45, 7) is 0.566. The summed E-state index contributed by atoms with van der Waals surface area (Å²) in [6, 6.07) is 17.3. The highest BCUT2D eigenvalue weighted by Crippen LogP contribution is 2.30. The summed E-state index contributed by atoms with van der Waals surface area (Å²) in [5, 5.41) is 21.9. The molecule has 10 N–H and O–H groups in total. The maximum atomic E-state index is 11.1. The smallest absolute Gasteiger partial charge is 0.176 e. The van der Waals surface area contributed by atoms with Crippen LogP contribution in [0.2, 0.25) is 0 Å². The van der Waals surface area contributed by atoms with E-state index >= 15 is 0 Å². The number of hydrogen-bond acceptors (Lipinski definition) is 10. The van der Waals surface area contributed by atoms with Gasteiger partial charge in [-0.3, -0.25) is 0 Å². The highest BCUT2D eigenvalue weighted by atomic mass is 35.5. The summed E-state index contributed by atoms with van der Waals surface area (Å²) in [5.74, 6) is 0. The highest BCUT2D eigenvalue weighted by Gasteiger charge is 2.49. The quantitative estimate of drug-likeness (QED) is 0.249. The Bertz CT molecular complexity index is 932. The number of ether oxygens (including phenoxy) is 4. The third-order valence-corrected chi connectivity index (χ3v) is 6.88. The molecule has 11 heteroatoms. The van der Waals surface area contributed by atoms with Gasteiger partial charge in [0.15, 0.2) is 6.29 Å². The van der Waals surface area contributed by atoms with E-state index in [9.17, 15) is 10.2 Å². The Morgan fingerprint density at radius 1 is 0.757 bits per heavy atom. The molecule has 10 nitrogen and oxygen atoms in total. The van der Waals surface area contributed by atoms with Gasteiger partial charge in [-0.2, -0.15) is 0 Å². The van der Waals surface area contributed by atoms with Crippen molar-refractivity contribution < 1.29 is 29.2 Å². The van der Waals surface area contributed by atoms with E-state index in [0.717, 1.165) is 11.1 Å². The van der Waals surface area contributed by atoms with Gasteiger partial charge in [0.25, 0.3) is 0 Å². The van der Waals surface area contributed by atoms with Crippen molar-refractivity contribution in [1.29, 1.82) is 0 Å². The first-order chi connectivity index (χ1) is 17.4. The van der Waals surface area contributed by atoms with Crippen molar-refractivity contribution in [3.63, 3.8) is 0 Å². The lowest BCUT2D eigenvalue weighted by Crippen LogP contribution is -2.68. The van der Waals surface area contributed by atoms with Crippen molar-refractivity contribution in [2.24, 2.45) is 22.9 Å². The minimum atomic E-state index is -1.12. The molecule has 0 aromatic heterocycles. The molecule has 37 heavy (non-hydrogen) atoms. The Morgan fingerprint density at radius 2 is 1.27 bits per heavy atom. The molecule has 1 saturated carbocycles. The fourth-order valence-electron chi connectivity index (χ4n) is 4.83. The minimum Gasteiger partial charge on any atom is -0.388 e. The number of benzene rings is 2. The van der Waals surface area contributed by atoms with Crippen LogP contribution in [-0.4, -0.2) is 77.8 Å². The van der Waals surface area contributed by atoms with Gasteiger partial charge in [0.2, 0.25) is 0 Å². The summed E-state index contributed by atoms with van der Waals surface area (Å²) in [7, 11) is 0. The van der Waals surface area contributed by atoms with E-state index in [-0.39, 0.29) is 32.2 Å². The van der Waals surface area contributed by atoms with Gasteiger partial charge < -0.3 is 52.1 Å². The molecule has 4 rings (SSSR count). The van der Waals surface area contributed by atoms with Crippen molar-refractivity contribution in [2.45, 2.75) is 80.7 Å². The normalized spacial score (nSPS) is 36.1. The van der Waals surface area contributed by atoms with Crippen molar-refractivity contribution >= 4 is 12.4 Å². The van der Waals surface area contributed by atoms with Crippen LogP contribution < -0.4 is 22.9 Å². The van der Waals surface area contributed by atoms with Gasteiger partial charge in [0, 0.05) is 18.6 Å². The second-order valence-corrected chi connectivity index (χ2v) is 9.52. The average Bonchev–Trinajstić information content (AvgIpc) is 2.88. The second-order valence-electron chi connectivity index (χ2n) is 9.52. The van der Waals surface area contributed by atoms with Crippen LogP contribution >= 0.6 is 12.4 Å². The lowest BCUT2D eigenvalue weighted by atomic mass is 9.84. The van der Waals surface area contributed by atoms with Crippen LogP contribution in [0.3, 0.4) is 0 Å². The average molecular weight is 539 g/mol. The molecule has 1 heterocycles. The topological polar surface area (TPSA) is 181 Å². The van der Waals surface area contributed by atoms with Crippen LogP contribution in [0, 0.1) is 0 Å². The van der Waals surface area contributed by atoms with Gasteiger partial charge in [-0.05, 0) is 17.5 Å². The minimum absolute atomic E-state index is 0. The first-order valence-electron chi connectivity index (χ1n) is 12.3. The first kappa shape index (κ1) is 29.9. The molecule has 10 atom stereocenters. The lowest BCUT2D eigenvalue weighted by Gasteiger charge is -2.47. The van der Waals surface area contributed by atoms with E-state index in [4.69, 9.17) is 41.9 Å². The summed E-state index contributed by atoms with van der Waals surface area (Å²) >= 11 is 0. The van der Waals surface area contributed by atoms with Crippen molar-refractivity contribution in [1.82, 2.24) is 0 Å². The van der Waals surface area contributed by atoms with Crippen LogP contribution in [0.1, 0.15) is 17.5 Å². The van der Waals surface area contributed by atoms with E-state index in [2.05, 4.69) is 0 Å². The molecule has 0 amide bonds. The van der Waals surface area contributed by atoms with E-state index < -0.39 is 61.0 Å². The summed E-state index contributed by atoms with van der Waals surface area (Å²) in [5.41, 5.74) is 26.8. The Kier molecular flexibility index (Phi) is 11.2. The van der Waals surface area contributed by atoms with Crippen LogP contribution in [0.5, 0.6) is 0 Å². The molecular weight excluding hydrogens is 500 g/mol. The molecule has 1 aliphatic carbocycles. The third kappa shape index (κ3) is 7.25. The van der Waals surface area contributed by atoms with Gasteiger partial charge in [-0.15, -0.1) is 12.4 Å². The molecule has 2 aliphatic rings. The largest absolute Gasteiger partial charge is 0.388 e. The van der Waals surface area contributed by atoms with E-state index in [0.29, 0.717) is 6.42 Å². The summed E-state index contributed by atoms with van der Waals surface area (Å²) < 4.78 is 24.0. The molecule has 0 radical (unpaired) electrons. The highest BCUT2D eigenvalue weighted by molar-refractivity contribution is 5.85. The monoisotopic (exact) mass is 538 g/mol. The molecule has 2 fully saturated rings. The fourth-order valence-corrected chi connectivity index (χ4v) is 4.83. The van der Waals surface area contributed by atoms with E-state index in [1.807, 2.05) is 60.7 Å². The second kappa shape index (κ2) is 13.9. The maximum absolute atomic E-state index is 11.1. The van der Waals surface area contributed by atoms with Gasteiger partial charge in [-0.25, -0.2) is 0 Å². The predicted octanol–water partition coefficient (Wildman–Crippen LogP) is -0.245. The zero-order valence-corrected chi connectivity index (χ0v) is 21.4. The number of aliphatic hydroxyl groups is 2. The molecule has 0 bridgehead atoms. The zero-order valence-electron chi connectivity index (χ0n) is 20.6. The van der Waals surface area contributed by atoms with Crippen LogP contribution in [-0.2, 0) is 32.2 Å². The van der Waals surface area contributed by atoms with Gasteiger partial charge in [0.05, 0.1) is 19.3 Å². The number of aliphatic hydroxyl groups excluding tert-OH is 2. The number of nitrogens with two attached hydrogens (primary N) is 4. The summed E-state index contributed by atoms with van der Waals surface area (Å²) in [6.07, 6.45) is -5.93. The standard InChI is InChI=1S/C26H38N4O6.ClH/c27-12-19-21(31)25(34-14-16-9-5-2-6-10-16)20(30)26(35-19)36-24-18(29)11-17(28)23(22(24)32)33-13-15-7-3-1-4-8-15;/h1-10,17-26,31-32H,11-14,27-30H2;1H/t17-,18+,19-,20-,21-,22-,23+,24-,25-,26-;/m1./s1. The molecule has 0 unspecified atom stereocenters. The molecule has 206 valence electrons. The van der Waals surface area contributed by atoms with E-state index in [1.165, 1.54) is 0 Å². The molecule has 2 aromatic rings. The van der Waals surface area contributed by atoms with Gasteiger partial charge >= 0.3 is 0 Å². The Hall–Kier alpha value is -1.67. The van der Waals surface area contributed by atoms with Crippen LogP contribution in [0.15, 0.2) is 60.7 Å². The summed E-state index contributed by atoms with van der Waals surface area (Å²) in [4.78, 5) is 0.